The van der Waals surface area contributed by atoms with Crippen LogP contribution in [-0.4, -0.2) is 21.8 Å². The van der Waals surface area contributed by atoms with Crippen molar-refractivity contribution < 1.29 is 9.90 Å². The molecule has 2 heterocycles. The Morgan fingerprint density at radius 2 is 2.00 bits per heavy atom. The Labute approximate surface area is 155 Å². The normalized spacial score (nSPS) is 13.2. The van der Waals surface area contributed by atoms with Crippen LogP contribution in [0.15, 0.2) is 52.4 Å². The third-order valence-corrected chi connectivity index (χ3v) is 4.85. The molecule has 0 fully saturated rings. The maximum atomic E-state index is 12.8. The third-order valence-electron chi connectivity index (χ3n) is 4.85. The van der Waals surface area contributed by atoms with Crippen LogP contribution >= 0.6 is 0 Å². The summed E-state index contributed by atoms with van der Waals surface area (Å²) in [5, 5.41) is 15.0. The van der Waals surface area contributed by atoms with Crippen molar-refractivity contribution in [3.63, 3.8) is 0 Å². The van der Waals surface area contributed by atoms with Crippen molar-refractivity contribution in [2.75, 3.05) is 0 Å². The van der Waals surface area contributed by atoms with Gasteiger partial charge < -0.3 is 9.67 Å². The molecular formula is C21H19N3O3. The second-order valence-electron chi connectivity index (χ2n) is 6.71. The van der Waals surface area contributed by atoms with E-state index in [-0.39, 0.29) is 11.3 Å². The number of carbonyl (C=O) groups is 1. The number of aromatic hydroxyl groups is 1. The molecule has 6 heteroatoms. The summed E-state index contributed by atoms with van der Waals surface area (Å²) < 4.78 is 1.58. The highest BCUT2D eigenvalue weighted by molar-refractivity contribution is 6.03. The Morgan fingerprint density at radius 1 is 1.22 bits per heavy atom. The molecule has 0 radical (unpaired) electrons. The lowest BCUT2D eigenvalue weighted by molar-refractivity contribution is 0.0950. The van der Waals surface area contributed by atoms with E-state index in [4.69, 9.17) is 0 Å². The lowest BCUT2D eigenvalue weighted by Crippen LogP contribution is -2.33. The molecule has 4 rings (SSSR count). The van der Waals surface area contributed by atoms with Crippen LogP contribution in [0.5, 0.6) is 5.75 Å². The molecule has 3 aromatic rings. The highest BCUT2D eigenvalue weighted by Crippen LogP contribution is 2.31. The number of aromatic nitrogens is 1. The predicted molar refractivity (Wildman–Crippen MR) is 104 cm³/mol. The summed E-state index contributed by atoms with van der Waals surface area (Å²) in [4.78, 5) is 25.4. The molecule has 0 spiro atoms. The Kier molecular flexibility index (Phi) is 4.24. The van der Waals surface area contributed by atoms with Crippen molar-refractivity contribution in [1.82, 2.24) is 9.99 Å². The summed E-state index contributed by atoms with van der Waals surface area (Å²) in [7, 11) is 0. The van der Waals surface area contributed by atoms with Crippen LogP contribution in [0.25, 0.3) is 10.9 Å². The van der Waals surface area contributed by atoms with E-state index in [0.29, 0.717) is 17.4 Å². The van der Waals surface area contributed by atoms with Crippen molar-refractivity contribution in [2.24, 2.45) is 5.10 Å². The number of carbonyl (C=O) groups excluding carboxylic acids is 1. The second kappa shape index (κ2) is 6.72. The highest BCUT2D eigenvalue weighted by Gasteiger charge is 2.24. The highest BCUT2D eigenvalue weighted by atomic mass is 16.3. The van der Waals surface area contributed by atoms with E-state index in [9.17, 15) is 14.7 Å². The molecule has 1 aliphatic heterocycles. The Balaban J connectivity index is 1.70. The molecule has 0 bridgehead atoms. The molecule has 0 aliphatic carbocycles. The van der Waals surface area contributed by atoms with Gasteiger partial charge in [-0.3, -0.25) is 9.59 Å². The molecule has 27 heavy (non-hydrogen) atoms. The van der Waals surface area contributed by atoms with Gasteiger partial charge in [-0.2, -0.15) is 5.10 Å². The molecule has 1 aromatic heterocycles. The van der Waals surface area contributed by atoms with Crippen molar-refractivity contribution in [3.05, 3.63) is 75.1 Å². The van der Waals surface area contributed by atoms with Crippen LogP contribution in [-0.2, 0) is 13.0 Å². The van der Waals surface area contributed by atoms with Crippen molar-refractivity contribution in [3.8, 4) is 5.75 Å². The zero-order valence-electron chi connectivity index (χ0n) is 14.9. The fourth-order valence-corrected chi connectivity index (χ4v) is 3.49. The number of benzene rings is 2. The van der Waals surface area contributed by atoms with Crippen molar-refractivity contribution in [2.45, 2.75) is 26.3 Å². The first kappa shape index (κ1) is 17.0. The summed E-state index contributed by atoms with van der Waals surface area (Å²) in [5.74, 6) is -1.01. The monoisotopic (exact) mass is 361 g/mol. The molecule has 0 saturated carbocycles. The second-order valence-corrected chi connectivity index (χ2v) is 6.71. The average molecular weight is 361 g/mol. The van der Waals surface area contributed by atoms with Crippen LogP contribution in [0.3, 0.4) is 0 Å². The quantitative estimate of drug-likeness (QED) is 0.556. The standard InChI is InChI=1S/C21H19N3O3/c1-13-7-9-14(10-8-13)12-22-23-20(26)17-19(25)16-6-2-4-15-5-3-11-24(18(15)16)21(17)27/h2,4,6-10,12,25H,3,5,11H2,1H3,(H,23,26)/b22-12+. The van der Waals surface area contributed by atoms with Gasteiger partial charge in [0.05, 0.1) is 11.7 Å². The summed E-state index contributed by atoms with van der Waals surface area (Å²) >= 11 is 0. The largest absolute Gasteiger partial charge is 0.506 e. The molecule has 0 saturated heterocycles. The minimum absolute atomic E-state index is 0.275. The van der Waals surface area contributed by atoms with Gasteiger partial charge in [-0.05, 0) is 37.0 Å². The van der Waals surface area contributed by atoms with Crippen molar-refractivity contribution in [1.29, 1.82) is 0 Å². The van der Waals surface area contributed by atoms with Gasteiger partial charge in [0.2, 0.25) is 0 Å². The van der Waals surface area contributed by atoms with Crippen LogP contribution < -0.4 is 11.0 Å². The number of pyridine rings is 1. The first-order chi connectivity index (χ1) is 13.1. The molecule has 2 aromatic carbocycles. The van der Waals surface area contributed by atoms with E-state index < -0.39 is 11.5 Å². The summed E-state index contributed by atoms with van der Waals surface area (Å²) in [6.45, 7) is 2.51. The molecule has 6 nitrogen and oxygen atoms in total. The van der Waals surface area contributed by atoms with Crippen LogP contribution in [0, 0.1) is 6.92 Å². The first-order valence-electron chi connectivity index (χ1n) is 8.83. The van der Waals surface area contributed by atoms with Gasteiger partial charge in [0, 0.05) is 11.9 Å². The van der Waals surface area contributed by atoms with Gasteiger partial charge in [0.15, 0.2) is 0 Å². The van der Waals surface area contributed by atoms with Gasteiger partial charge in [-0.25, -0.2) is 5.43 Å². The molecule has 2 N–H and O–H groups in total. The summed E-state index contributed by atoms with van der Waals surface area (Å²) in [6.07, 6.45) is 3.17. The van der Waals surface area contributed by atoms with Crippen LogP contribution in [0.1, 0.15) is 33.5 Å². The van der Waals surface area contributed by atoms with E-state index in [2.05, 4.69) is 10.5 Å². The van der Waals surface area contributed by atoms with Crippen molar-refractivity contribution >= 4 is 23.0 Å². The predicted octanol–water partition coefficient (Wildman–Crippen LogP) is 2.73. The average Bonchev–Trinajstić information content (AvgIpc) is 2.67. The van der Waals surface area contributed by atoms with Gasteiger partial charge in [-0.1, -0.05) is 42.0 Å². The van der Waals surface area contributed by atoms with Gasteiger partial charge >= 0.3 is 0 Å². The minimum Gasteiger partial charge on any atom is -0.506 e. The Morgan fingerprint density at radius 3 is 2.78 bits per heavy atom. The number of hydrogen-bond donors (Lipinski definition) is 2. The molecule has 0 unspecified atom stereocenters. The maximum absolute atomic E-state index is 12.8. The number of amides is 1. The minimum atomic E-state index is -0.720. The SMILES string of the molecule is Cc1ccc(/C=N/NC(=O)c2c(O)c3cccc4c3n(c2=O)CCC4)cc1. The number of hydrogen-bond acceptors (Lipinski definition) is 4. The van der Waals surface area contributed by atoms with Crippen LogP contribution in [0.4, 0.5) is 0 Å². The number of nitrogens with one attached hydrogen (secondary N) is 1. The zero-order valence-corrected chi connectivity index (χ0v) is 14.9. The van der Waals surface area contributed by atoms with E-state index in [1.54, 1.807) is 10.6 Å². The number of hydrazone groups is 1. The van der Waals surface area contributed by atoms with Gasteiger partial charge in [0.1, 0.15) is 11.3 Å². The molecule has 1 aliphatic rings. The fraction of sp³-hybridized carbons (Fsp3) is 0.190. The first-order valence-corrected chi connectivity index (χ1v) is 8.83. The number of rotatable bonds is 3. The number of aryl methyl sites for hydroxylation is 3. The van der Waals surface area contributed by atoms with Crippen LogP contribution in [0.2, 0.25) is 0 Å². The molecule has 136 valence electrons. The molecule has 0 atom stereocenters. The van der Waals surface area contributed by atoms with E-state index >= 15 is 0 Å². The summed E-state index contributed by atoms with van der Waals surface area (Å²) in [5.41, 5.74) is 5.25. The topological polar surface area (TPSA) is 83.7 Å². The summed E-state index contributed by atoms with van der Waals surface area (Å²) in [6, 6.07) is 13.1. The van der Waals surface area contributed by atoms with E-state index in [1.165, 1.54) is 6.21 Å². The number of nitrogens with zero attached hydrogens (tertiary/aromatic N) is 2. The lowest BCUT2D eigenvalue weighted by atomic mass is 9.99. The molecule has 1 amide bonds. The zero-order chi connectivity index (χ0) is 19.0. The van der Waals surface area contributed by atoms with Gasteiger partial charge in [0.25, 0.3) is 11.5 Å². The van der Waals surface area contributed by atoms with Gasteiger partial charge in [-0.15, -0.1) is 0 Å². The smallest absolute Gasteiger partial charge is 0.280 e. The lowest BCUT2D eigenvalue weighted by Gasteiger charge is -2.21. The Hall–Kier alpha value is -3.41. The molecular weight excluding hydrogens is 342 g/mol. The van der Waals surface area contributed by atoms with E-state index in [1.807, 2.05) is 43.3 Å². The van der Waals surface area contributed by atoms with E-state index in [0.717, 1.165) is 29.5 Å². The number of para-hydroxylation sites is 1. The Bertz CT molecular complexity index is 1130. The third kappa shape index (κ3) is 2.99. The fourth-order valence-electron chi connectivity index (χ4n) is 3.49. The maximum Gasteiger partial charge on any atom is 0.280 e.